The van der Waals surface area contributed by atoms with Gasteiger partial charge in [-0.15, -0.1) is 16.8 Å². The standard InChI is InChI=1S/C18H17N5O2S/c1-3-11-22-17(14-7-9-19-10-8-14)20-21-18(22)26-13(2)15-5-4-6-16(12-15)23(24)25/h3-10,12-13H,1,11H2,2H3/t13-/m0/s1. The second-order valence-electron chi connectivity index (χ2n) is 5.55. The zero-order valence-electron chi connectivity index (χ0n) is 14.1. The number of nitrogens with zero attached hydrogens (tertiary/aromatic N) is 5. The van der Waals surface area contributed by atoms with Gasteiger partial charge in [0.15, 0.2) is 11.0 Å². The lowest BCUT2D eigenvalue weighted by Gasteiger charge is -2.12. The first-order valence-corrected chi connectivity index (χ1v) is 8.83. The quantitative estimate of drug-likeness (QED) is 0.268. The van der Waals surface area contributed by atoms with Gasteiger partial charge < -0.3 is 0 Å². The smallest absolute Gasteiger partial charge is 0.269 e. The molecule has 0 aliphatic rings. The van der Waals surface area contributed by atoms with Gasteiger partial charge in [-0.25, -0.2) is 0 Å². The summed E-state index contributed by atoms with van der Waals surface area (Å²) in [7, 11) is 0. The van der Waals surface area contributed by atoms with Crippen molar-refractivity contribution in [3.8, 4) is 11.4 Å². The van der Waals surface area contributed by atoms with Crippen molar-refractivity contribution in [1.29, 1.82) is 0 Å². The van der Waals surface area contributed by atoms with Crippen molar-refractivity contribution < 1.29 is 4.92 Å². The largest absolute Gasteiger partial charge is 0.298 e. The summed E-state index contributed by atoms with van der Waals surface area (Å²) in [6.07, 6.45) is 5.21. The lowest BCUT2D eigenvalue weighted by Crippen LogP contribution is -2.02. The molecule has 1 atom stereocenters. The molecule has 0 spiro atoms. The summed E-state index contributed by atoms with van der Waals surface area (Å²) in [5.41, 5.74) is 1.87. The summed E-state index contributed by atoms with van der Waals surface area (Å²) in [5, 5.41) is 20.3. The molecule has 0 fully saturated rings. The van der Waals surface area contributed by atoms with E-state index in [2.05, 4.69) is 21.8 Å². The summed E-state index contributed by atoms with van der Waals surface area (Å²) < 4.78 is 1.97. The predicted molar refractivity (Wildman–Crippen MR) is 101 cm³/mol. The number of benzene rings is 1. The Kier molecular flexibility index (Phi) is 5.43. The van der Waals surface area contributed by atoms with E-state index in [0.29, 0.717) is 6.54 Å². The van der Waals surface area contributed by atoms with Crippen molar-refractivity contribution in [2.45, 2.75) is 23.9 Å². The maximum absolute atomic E-state index is 11.0. The van der Waals surface area contributed by atoms with Crippen LogP contribution >= 0.6 is 11.8 Å². The van der Waals surface area contributed by atoms with E-state index in [1.54, 1.807) is 30.6 Å². The third-order valence-corrected chi connectivity index (χ3v) is 4.94. The van der Waals surface area contributed by atoms with E-state index in [9.17, 15) is 10.1 Å². The van der Waals surface area contributed by atoms with Crippen LogP contribution in [0.5, 0.6) is 0 Å². The molecule has 0 unspecified atom stereocenters. The molecular weight excluding hydrogens is 350 g/mol. The SMILES string of the molecule is C=CCn1c(S[C@@H](C)c2cccc([N+](=O)[O-])c2)nnc1-c1ccncc1. The van der Waals surface area contributed by atoms with Gasteiger partial charge in [0, 0.05) is 41.9 Å². The van der Waals surface area contributed by atoms with Crippen molar-refractivity contribution in [1.82, 2.24) is 19.7 Å². The highest BCUT2D eigenvalue weighted by Gasteiger charge is 2.18. The van der Waals surface area contributed by atoms with E-state index in [-0.39, 0.29) is 15.9 Å². The van der Waals surface area contributed by atoms with Crippen LogP contribution in [0.15, 0.2) is 66.6 Å². The molecule has 0 saturated heterocycles. The average molecular weight is 367 g/mol. The Morgan fingerprint density at radius 3 is 2.77 bits per heavy atom. The first-order valence-electron chi connectivity index (χ1n) is 7.95. The van der Waals surface area contributed by atoms with E-state index < -0.39 is 0 Å². The molecule has 0 aliphatic carbocycles. The van der Waals surface area contributed by atoms with Crippen LogP contribution in [0.3, 0.4) is 0 Å². The molecule has 0 aliphatic heterocycles. The van der Waals surface area contributed by atoms with Gasteiger partial charge >= 0.3 is 0 Å². The molecule has 0 bridgehead atoms. The number of nitro benzene ring substituents is 1. The zero-order chi connectivity index (χ0) is 18.5. The molecule has 8 heteroatoms. The Labute approximate surface area is 155 Å². The Balaban J connectivity index is 1.90. The van der Waals surface area contributed by atoms with Crippen LogP contribution in [0, 0.1) is 10.1 Å². The monoisotopic (exact) mass is 367 g/mol. The topological polar surface area (TPSA) is 86.7 Å². The molecule has 2 heterocycles. The van der Waals surface area contributed by atoms with E-state index in [1.165, 1.54) is 17.8 Å². The number of pyridine rings is 1. The van der Waals surface area contributed by atoms with Crippen LogP contribution in [-0.4, -0.2) is 24.7 Å². The van der Waals surface area contributed by atoms with E-state index in [0.717, 1.165) is 22.1 Å². The number of non-ortho nitro benzene ring substituents is 1. The molecule has 0 radical (unpaired) electrons. The third-order valence-electron chi connectivity index (χ3n) is 3.80. The minimum atomic E-state index is -0.386. The fraction of sp³-hybridized carbons (Fsp3) is 0.167. The second kappa shape index (κ2) is 7.92. The van der Waals surface area contributed by atoms with Gasteiger partial charge in [-0.05, 0) is 24.6 Å². The zero-order valence-corrected chi connectivity index (χ0v) is 15.0. The number of thioether (sulfide) groups is 1. The minimum Gasteiger partial charge on any atom is -0.298 e. The van der Waals surface area contributed by atoms with Gasteiger partial charge in [0.05, 0.1) is 4.92 Å². The molecule has 132 valence electrons. The summed E-state index contributed by atoms with van der Waals surface area (Å²) in [6.45, 7) is 6.36. The first kappa shape index (κ1) is 17.8. The van der Waals surface area contributed by atoms with Gasteiger partial charge in [-0.1, -0.05) is 30.0 Å². The van der Waals surface area contributed by atoms with Gasteiger partial charge in [-0.2, -0.15) is 0 Å². The van der Waals surface area contributed by atoms with E-state index in [1.807, 2.05) is 29.7 Å². The first-order chi connectivity index (χ1) is 12.6. The normalized spacial score (nSPS) is 11.9. The molecule has 26 heavy (non-hydrogen) atoms. The van der Waals surface area contributed by atoms with Crippen LogP contribution < -0.4 is 0 Å². The molecule has 3 aromatic rings. The fourth-order valence-corrected chi connectivity index (χ4v) is 3.48. The Bertz CT molecular complexity index is 926. The number of hydrogen-bond acceptors (Lipinski definition) is 6. The molecule has 3 rings (SSSR count). The lowest BCUT2D eigenvalue weighted by atomic mass is 10.1. The number of aromatic nitrogens is 4. The third kappa shape index (κ3) is 3.80. The van der Waals surface area contributed by atoms with Crippen molar-refractivity contribution in [3.05, 3.63) is 77.1 Å². The average Bonchev–Trinajstić information content (AvgIpc) is 3.05. The highest BCUT2D eigenvalue weighted by atomic mass is 32.2. The van der Waals surface area contributed by atoms with Crippen molar-refractivity contribution >= 4 is 17.4 Å². The minimum absolute atomic E-state index is 0.0204. The molecule has 0 saturated carbocycles. The summed E-state index contributed by atoms with van der Waals surface area (Å²) in [5.74, 6) is 0.737. The maximum Gasteiger partial charge on any atom is 0.269 e. The van der Waals surface area contributed by atoms with Gasteiger partial charge in [-0.3, -0.25) is 19.7 Å². The predicted octanol–water partition coefficient (Wildman–Crippen LogP) is 4.29. The molecule has 2 aromatic heterocycles. The summed E-state index contributed by atoms with van der Waals surface area (Å²) in [4.78, 5) is 14.6. The Morgan fingerprint density at radius 2 is 2.08 bits per heavy atom. The van der Waals surface area contributed by atoms with Crippen molar-refractivity contribution in [3.63, 3.8) is 0 Å². The van der Waals surface area contributed by atoms with Gasteiger partial charge in [0.25, 0.3) is 5.69 Å². The Hall–Kier alpha value is -3.00. The number of rotatable bonds is 7. The van der Waals surface area contributed by atoms with E-state index >= 15 is 0 Å². The van der Waals surface area contributed by atoms with E-state index in [4.69, 9.17) is 0 Å². The van der Waals surface area contributed by atoms with Crippen molar-refractivity contribution in [2.75, 3.05) is 0 Å². The molecule has 7 nitrogen and oxygen atoms in total. The van der Waals surface area contributed by atoms with Crippen LogP contribution in [-0.2, 0) is 6.54 Å². The van der Waals surface area contributed by atoms with Crippen LogP contribution in [0.25, 0.3) is 11.4 Å². The molecule has 0 N–H and O–H groups in total. The van der Waals surface area contributed by atoms with Gasteiger partial charge in [0.2, 0.25) is 0 Å². The number of hydrogen-bond donors (Lipinski definition) is 0. The number of allylic oxidation sites excluding steroid dienone is 1. The fourth-order valence-electron chi connectivity index (χ4n) is 2.50. The van der Waals surface area contributed by atoms with Crippen LogP contribution in [0.1, 0.15) is 17.7 Å². The van der Waals surface area contributed by atoms with Crippen LogP contribution in [0.4, 0.5) is 5.69 Å². The Morgan fingerprint density at radius 1 is 1.31 bits per heavy atom. The second-order valence-corrected chi connectivity index (χ2v) is 6.86. The van der Waals surface area contributed by atoms with Crippen molar-refractivity contribution in [2.24, 2.45) is 0 Å². The lowest BCUT2D eigenvalue weighted by molar-refractivity contribution is -0.384. The summed E-state index contributed by atoms with van der Waals surface area (Å²) in [6, 6.07) is 10.4. The highest BCUT2D eigenvalue weighted by molar-refractivity contribution is 7.99. The van der Waals surface area contributed by atoms with Gasteiger partial charge in [0.1, 0.15) is 0 Å². The molecular formula is C18H17N5O2S. The summed E-state index contributed by atoms with van der Waals surface area (Å²) >= 11 is 1.50. The maximum atomic E-state index is 11.0. The highest BCUT2D eigenvalue weighted by Crippen LogP contribution is 2.36. The molecule has 1 aromatic carbocycles. The number of nitro groups is 1. The molecule has 0 amide bonds. The van der Waals surface area contributed by atoms with Crippen LogP contribution in [0.2, 0.25) is 0 Å².